The smallest absolute Gasteiger partial charge is 0.236 e. The van der Waals surface area contributed by atoms with Crippen LogP contribution < -0.4 is 15.8 Å². The van der Waals surface area contributed by atoms with Crippen LogP contribution in [-0.2, 0) is 4.79 Å². The summed E-state index contributed by atoms with van der Waals surface area (Å²) in [4.78, 5) is 11.1. The van der Waals surface area contributed by atoms with Gasteiger partial charge in [-0.15, -0.1) is 12.4 Å². The molecule has 0 aromatic heterocycles. The second-order valence-electron chi connectivity index (χ2n) is 3.74. The quantitative estimate of drug-likeness (QED) is 0.782. The molecule has 0 heterocycles. The average Bonchev–Trinajstić information content (AvgIpc) is 2.26. The summed E-state index contributed by atoms with van der Waals surface area (Å²) in [5, 5.41) is 2.67. The number of rotatable bonds is 5. The largest absolute Gasteiger partial charge is 0.492 e. The van der Waals surface area contributed by atoms with Gasteiger partial charge in [0.15, 0.2) is 0 Å². The Kier molecular flexibility index (Phi) is 7.34. The van der Waals surface area contributed by atoms with Crippen molar-refractivity contribution in [3.05, 3.63) is 29.8 Å². The van der Waals surface area contributed by atoms with E-state index in [2.05, 4.69) is 5.32 Å². The van der Waals surface area contributed by atoms with Crippen LogP contribution in [-0.4, -0.2) is 25.1 Å². The second-order valence-corrected chi connectivity index (χ2v) is 3.74. The summed E-state index contributed by atoms with van der Waals surface area (Å²) in [5.74, 6) is 0.646. The summed E-state index contributed by atoms with van der Waals surface area (Å²) in [7, 11) is 0. The molecule has 1 atom stereocenters. The first-order valence-electron chi connectivity index (χ1n) is 5.32. The summed E-state index contributed by atoms with van der Waals surface area (Å²) >= 11 is 0. The predicted octanol–water partition coefficient (Wildman–Crippen LogP) is 1.26. The van der Waals surface area contributed by atoms with Gasteiger partial charge in [0.25, 0.3) is 0 Å². The van der Waals surface area contributed by atoms with Crippen LogP contribution in [0.1, 0.15) is 12.5 Å². The molecule has 1 aromatic rings. The number of halogens is 1. The lowest BCUT2D eigenvalue weighted by molar-refractivity contribution is -0.122. The zero-order valence-electron chi connectivity index (χ0n) is 10.1. The van der Waals surface area contributed by atoms with Crippen LogP contribution in [0.3, 0.4) is 0 Å². The molecular formula is C12H19ClN2O2. The lowest BCUT2D eigenvalue weighted by atomic mass is 10.2. The van der Waals surface area contributed by atoms with Gasteiger partial charge in [-0.3, -0.25) is 4.79 Å². The minimum atomic E-state index is -0.473. The normalized spacial score (nSPS) is 11.2. The van der Waals surface area contributed by atoms with Crippen molar-refractivity contribution in [1.82, 2.24) is 5.32 Å². The minimum absolute atomic E-state index is 0. The Balaban J connectivity index is 0.00000256. The Bertz CT molecular complexity index is 339. The summed E-state index contributed by atoms with van der Waals surface area (Å²) in [6.45, 7) is 4.58. The van der Waals surface area contributed by atoms with Crippen LogP contribution >= 0.6 is 12.4 Å². The van der Waals surface area contributed by atoms with Crippen molar-refractivity contribution < 1.29 is 9.53 Å². The molecule has 1 amide bonds. The topological polar surface area (TPSA) is 64.3 Å². The molecule has 0 aliphatic heterocycles. The van der Waals surface area contributed by atoms with Crippen molar-refractivity contribution >= 4 is 18.3 Å². The van der Waals surface area contributed by atoms with Crippen LogP contribution in [0.2, 0.25) is 0 Å². The highest BCUT2D eigenvalue weighted by atomic mass is 35.5. The van der Waals surface area contributed by atoms with Gasteiger partial charge in [0.05, 0.1) is 12.6 Å². The van der Waals surface area contributed by atoms with Crippen molar-refractivity contribution in [3.63, 3.8) is 0 Å². The summed E-state index contributed by atoms with van der Waals surface area (Å²) in [6, 6.07) is 7.30. The number of carbonyl (C=O) groups is 1. The van der Waals surface area contributed by atoms with Crippen molar-refractivity contribution in [2.24, 2.45) is 5.73 Å². The van der Waals surface area contributed by atoms with Crippen molar-refractivity contribution in [2.75, 3.05) is 13.2 Å². The van der Waals surface area contributed by atoms with Crippen molar-refractivity contribution in [3.8, 4) is 5.75 Å². The third-order valence-corrected chi connectivity index (χ3v) is 2.10. The standard InChI is InChI=1S/C12H18N2O2.ClH/c1-9-3-5-11(6-4-9)16-8-7-14-12(15)10(2)13;/h3-6,10H,7-8,13H2,1-2H3,(H,14,15);1H/t10-;/m1./s1. The van der Waals surface area contributed by atoms with Gasteiger partial charge in [-0.1, -0.05) is 17.7 Å². The maximum Gasteiger partial charge on any atom is 0.236 e. The molecule has 0 saturated carbocycles. The number of ether oxygens (including phenoxy) is 1. The fourth-order valence-corrected chi connectivity index (χ4v) is 1.14. The monoisotopic (exact) mass is 258 g/mol. The number of carbonyl (C=O) groups excluding carboxylic acids is 1. The van der Waals surface area contributed by atoms with Gasteiger partial charge >= 0.3 is 0 Å². The summed E-state index contributed by atoms with van der Waals surface area (Å²) < 4.78 is 5.44. The van der Waals surface area contributed by atoms with Crippen LogP contribution in [0.5, 0.6) is 5.75 Å². The molecule has 1 aromatic carbocycles. The Labute approximate surface area is 108 Å². The van der Waals surface area contributed by atoms with Crippen LogP contribution in [0.25, 0.3) is 0 Å². The van der Waals surface area contributed by atoms with Crippen LogP contribution in [0, 0.1) is 6.92 Å². The van der Waals surface area contributed by atoms with E-state index < -0.39 is 6.04 Å². The average molecular weight is 259 g/mol. The van der Waals surface area contributed by atoms with Gasteiger partial charge in [-0.2, -0.15) is 0 Å². The number of nitrogens with two attached hydrogens (primary N) is 1. The van der Waals surface area contributed by atoms with E-state index in [0.29, 0.717) is 13.2 Å². The highest BCUT2D eigenvalue weighted by molar-refractivity contribution is 5.85. The molecular weight excluding hydrogens is 240 g/mol. The maximum absolute atomic E-state index is 11.1. The first-order chi connectivity index (χ1) is 7.59. The van der Waals surface area contributed by atoms with Crippen LogP contribution in [0.4, 0.5) is 0 Å². The van der Waals surface area contributed by atoms with Gasteiger partial charge in [0.2, 0.25) is 5.91 Å². The van der Waals surface area contributed by atoms with E-state index in [-0.39, 0.29) is 18.3 Å². The van der Waals surface area contributed by atoms with Gasteiger partial charge in [-0.25, -0.2) is 0 Å². The summed E-state index contributed by atoms with van der Waals surface area (Å²) in [5.41, 5.74) is 6.59. The highest BCUT2D eigenvalue weighted by Crippen LogP contribution is 2.10. The Morgan fingerprint density at radius 3 is 2.53 bits per heavy atom. The van der Waals surface area contributed by atoms with Gasteiger partial charge in [-0.05, 0) is 26.0 Å². The lowest BCUT2D eigenvalue weighted by Crippen LogP contribution is -2.40. The first kappa shape index (κ1) is 15.7. The fraction of sp³-hybridized carbons (Fsp3) is 0.417. The molecule has 0 aliphatic carbocycles. The number of benzene rings is 1. The molecule has 0 spiro atoms. The molecule has 0 unspecified atom stereocenters. The number of hydrogen-bond donors (Lipinski definition) is 2. The van der Waals surface area contributed by atoms with Gasteiger partial charge in [0.1, 0.15) is 12.4 Å². The van der Waals surface area contributed by atoms with E-state index in [4.69, 9.17) is 10.5 Å². The molecule has 0 aliphatic rings. The zero-order valence-corrected chi connectivity index (χ0v) is 10.9. The summed E-state index contributed by atoms with van der Waals surface area (Å²) in [6.07, 6.45) is 0. The fourth-order valence-electron chi connectivity index (χ4n) is 1.14. The molecule has 5 heteroatoms. The molecule has 96 valence electrons. The van der Waals surface area contributed by atoms with E-state index in [1.54, 1.807) is 6.92 Å². The lowest BCUT2D eigenvalue weighted by Gasteiger charge is -2.09. The maximum atomic E-state index is 11.1. The number of aryl methyl sites for hydroxylation is 1. The first-order valence-corrected chi connectivity index (χ1v) is 5.32. The molecule has 3 N–H and O–H groups in total. The van der Waals surface area contributed by atoms with E-state index in [9.17, 15) is 4.79 Å². The molecule has 0 radical (unpaired) electrons. The number of nitrogens with one attached hydrogen (secondary N) is 1. The molecule has 4 nitrogen and oxygen atoms in total. The van der Waals surface area contributed by atoms with E-state index >= 15 is 0 Å². The SMILES string of the molecule is Cc1ccc(OCCNC(=O)[C@@H](C)N)cc1.Cl. The Morgan fingerprint density at radius 2 is 2.00 bits per heavy atom. The number of amides is 1. The van der Waals surface area contributed by atoms with Gasteiger partial charge < -0.3 is 15.8 Å². The Hall–Kier alpha value is -1.26. The minimum Gasteiger partial charge on any atom is -0.492 e. The van der Waals surface area contributed by atoms with Crippen LogP contribution in [0.15, 0.2) is 24.3 Å². The number of hydrogen-bond acceptors (Lipinski definition) is 3. The predicted molar refractivity (Wildman–Crippen MR) is 70.6 cm³/mol. The molecule has 0 fully saturated rings. The van der Waals surface area contributed by atoms with E-state index in [1.807, 2.05) is 31.2 Å². The second kappa shape index (κ2) is 7.92. The van der Waals surface area contributed by atoms with E-state index in [1.165, 1.54) is 5.56 Å². The molecule has 0 saturated heterocycles. The zero-order chi connectivity index (χ0) is 12.0. The van der Waals surface area contributed by atoms with Gasteiger partial charge in [0, 0.05) is 0 Å². The third kappa shape index (κ3) is 6.14. The molecule has 17 heavy (non-hydrogen) atoms. The molecule has 0 bridgehead atoms. The van der Waals surface area contributed by atoms with E-state index in [0.717, 1.165) is 5.75 Å². The third-order valence-electron chi connectivity index (χ3n) is 2.10. The van der Waals surface area contributed by atoms with Crippen molar-refractivity contribution in [2.45, 2.75) is 19.9 Å². The Morgan fingerprint density at radius 1 is 1.41 bits per heavy atom. The van der Waals surface area contributed by atoms with Crippen molar-refractivity contribution in [1.29, 1.82) is 0 Å². The molecule has 1 rings (SSSR count). The highest BCUT2D eigenvalue weighted by Gasteiger charge is 2.05.